The first kappa shape index (κ1) is 11.7. The van der Waals surface area contributed by atoms with Gasteiger partial charge in [-0.25, -0.2) is 4.98 Å². The second-order valence-electron chi connectivity index (χ2n) is 3.44. The molecule has 1 aliphatic heterocycles. The molecule has 1 amide bonds. The van der Waals surface area contributed by atoms with Crippen LogP contribution < -0.4 is 10.6 Å². The van der Waals surface area contributed by atoms with E-state index in [1.165, 1.54) is 0 Å². The molecular formula is C10H12ClN3OS. The summed E-state index contributed by atoms with van der Waals surface area (Å²) in [5.41, 5.74) is 0.673. The number of pyridine rings is 1. The Morgan fingerprint density at radius 3 is 3.12 bits per heavy atom. The smallest absolute Gasteiger partial charge is 0.242 e. The van der Waals surface area contributed by atoms with Gasteiger partial charge in [0.25, 0.3) is 0 Å². The van der Waals surface area contributed by atoms with Gasteiger partial charge in [-0.1, -0.05) is 11.6 Å². The van der Waals surface area contributed by atoms with Crippen molar-refractivity contribution in [2.24, 2.45) is 0 Å². The van der Waals surface area contributed by atoms with Crippen molar-refractivity contribution in [2.45, 2.75) is 6.04 Å². The third-order valence-corrected chi connectivity index (χ3v) is 3.52. The maximum atomic E-state index is 11.8. The molecule has 1 aromatic heterocycles. The summed E-state index contributed by atoms with van der Waals surface area (Å²) in [5, 5.41) is 6.39. The van der Waals surface area contributed by atoms with Crippen molar-refractivity contribution in [2.75, 3.05) is 23.4 Å². The van der Waals surface area contributed by atoms with Crippen molar-refractivity contribution >= 4 is 35.0 Å². The average Bonchev–Trinajstić information content (AvgIpc) is 2.33. The summed E-state index contributed by atoms with van der Waals surface area (Å²) in [4.78, 5) is 15.7. The molecule has 0 aromatic carbocycles. The van der Waals surface area contributed by atoms with Crippen LogP contribution in [0, 0.1) is 0 Å². The van der Waals surface area contributed by atoms with Gasteiger partial charge in [0.15, 0.2) is 0 Å². The van der Waals surface area contributed by atoms with Gasteiger partial charge in [-0.3, -0.25) is 4.79 Å². The van der Waals surface area contributed by atoms with E-state index in [4.69, 9.17) is 11.6 Å². The van der Waals surface area contributed by atoms with Crippen molar-refractivity contribution in [3.63, 3.8) is 0 Å². The SMILES string of the molecule is O=C(Nc1ccc(Cl)nc1)C1CSCCN1. The Kier molecular flexibility index (Phi) is 4.04. The molecule has 16 heavy (non-hydrogen) atoms. The van der Waals surface area contributed by atoms with E-state index in [9.17, 15) is 4.79 Å². The molecule has 2 rings (SSSR count). The summed E-state index contributed by atoms with van der Waals surface area (Å²) in [6, 6.07) is 3.28. The Bertz CT molecular complexity index is 365. The van der Waals surface area contributed by atoms with Crippen LogP contribution in [-0.2, 0) is 4.79 Å². The topological polar surface area (TPSA) is 54.0 Å². The van der Waals surface area contributed by atoms with E-state index in [0.29, 0.717) is 10.8 Å². The van der Waals surface area contributed by atoms with Gasteiger partial charge in [0.1, 0.15) is 5.15 Å². The third kappa shape index (κ3) is 3.10. The fraction of sp³-hybridized carbons (Fsp3) is 0.400. The van der Waals surface area contributed by atoms with E-state index in [1.807, 2.05) is 0 Å². The Morgan fingerprint density at radius 2 is 2.50 bits per heavy atom. The molecular weight excluding hydrogens is 246 g/mol. The van der Waals surface area contributed by atoms with Crippen LogP contribution in [-0.4, -0.2) is 35.0 Å². The Balaban J connectivity index is 1.93. The number of aromatic nitrogens is 1. The van der Waals surface area contributed by atoms with E-state index in [-0.39, 0.29) is 11.9 Å². The molecule has 0 aliphatic carbocycles. The first-order chi connectivity index (χ1) is 7.75. The zero-order valence-corrected chi connectivity index (χ0v) is 10.1. The summed E-state index contributed by atoms with van der Waals surface area (Å²) in [6.45, 7) is 0.877. The van der Waals surface area contributed by atoms with Crippen molar-refractivity contribution in [3.05, 3.63) is 23.5 Å². The molecule has 0 spiro atoms. The largest absolute Gasteiger partial charge is 0.323 e. The van der Waals surface area contributed by atoms with E-state index < -0.39 is 0 Å². The van der Waals surface area contributed by atoms with Crippen molar-refractivity contribution in [1.82, 2.24) is 10.3 Å². The second-order valence-corrected chi connectivity index (χ2v) is 4.98. The average molecular weight is 258 g/mol. The van der Waals surface area contributed by atoms with E-state index in [1.54, 1.807) is 30.1 Å². The Morgan fingerprint density at radius 1 is 1.62 bits per heavy atom. The van der Waals surface area contributed by atoms with Crippen molar-refractivity contribution in [3.8, 4) is 0 Å². The number of thioether (sulfide) groups is 1. The van der Waals surface area contributed by atoms with Gasteiger partial charge in [-0.2, -0.15) is 11.8 Å². The van der Waals surface area contributed by atoms with Gasteiger partial charge in [0.05, 0.1) is 17.9 Å². The van der Waals surface area contributed by atoms with E-state index in [0.717, 1.165) is 18.1 Å². The predicted octanol–water partition coefficient (Wildman–Crippen LogP) is 1.38. The monoisotopic (exact) mass is 257 g/mol. The highest BCUT2D eigenvalue weighted by atomic mass is 35.5. The molecule has 2 N–H and O–H groups in total. The quantitative estimate of drug-likeness (QED) is 0.786. The second kappa shape index (κ2) is 5.52. The lowest BCUT2D eigenvalue weighted by Gasteiger charge is -2.22. The highest BCUT2D eigenvalue weighted by Gasteiger charge is 2.20. The van der Waals surface area contributed by atoms with Crippen LogP contribution in [0.15, 0.2) is 18.3 Å². The van der Waals surface area contributed by atoms with Gasteiger partial charge in [-0.05, 0) is 12.1 Å². The minimum absolute atomic E-state index is 0.0173. The first-order valence-electron chi connectivity index (χ1n) is 4.99. The Labute approximate surface area is 103 Å². The van der Waals surface area contributed by atoms with Crippen LogP contribution in [0.2, 0.25) is 5.15 Å². The lowest BCUT2D eigenvalue weighted by molar-refractivity contribution is -0.117. The molecule has 1 saturated heterocycles. The number of nitrogens with one attached hydrogen (secondary N) is 2. The van der Waals surface area contributed by atoms with Gasteiger partial charge in [0, 0.05) is 18.1 Å². The van der Waals surface area contributed by atoms with Crippen LogP contribution >= 0.6 is 23.4 Å². The summed E-state index contributed by atoms with van der Waals surface area (Å²) >= 11 is 7.44. The van der Waals surface area contributed by atoms with E-state index >= 15 is 0 Å². The summed E-state index contributed by atoms with van der Waals surface area (Å²) < 4.78 is 0. The zero-order chi connectivity index (χ0) is 11.4. The molecule has 0 saturated carbocycles. The summed E-state index contributed by atoms with van der Waals surface area (Å²) in [7, 11) is 0. The number of rotatable bonds is 2. The minimum atomic E-state index is -0.116. The summed E-state index contributed by atoms with van der Waals surface area (Å²) in [5.74, 6) is 1.86. The first-order valence-corrected chi connectivity index (χ1v) is 6.52. The zero-order valence-electron chi connectivity index (χ0n) is 8.57. The minimum Gasteiger partial charge on any atom is -0.323 e. The Hall–Kier alpha value is -0.780. The van der Waals surface area contributed by atoms with Crippen molar-refractivity contribution < 1.29 is 4.79 Å². The molecule has 1 aliphatic rings. The fourth-order valence-corrected chi connectivity index (χ4v) is 2.46. The summed E-state index contributed by atoms with van der Waals surface area (Å²) in [6.07, 6.45) is 1.55. The molecule has 2 heterocycles. The highest BCUT2D eigenvalue weighted by Crippen LogP contribution is 2.12. The number of halogens is 1. The van der Waals surface area contributed by atoms with Gasteiger partial charge in [0.2, 0.25) is 5.91 Å². The number of hydrogen-bond donors (Lipinski definition) is 2. The normalized spacial score (nSPS) is 20.4. The molecule has 1 atom stereocenters. The number of hydrogen-bond acceptors (Lipinski definition) is 4. The molecule has 0 radical (unpaired) electrons. The molecule has 1 unspecified atom stereocenters. The number of anilines is 1. The number of amides is 1. The number of carbonyl (C=O) groups excluding carboxylic acids is 1. The van der Waals surface area contributed by atoms with Crippen LogP contribution in [0.4, 0.5) is 5.69 Å². The fourth-order valence-electron chi connectivity index (χ4n) is 1.41. The van der Waals surface area contributed by atoms with Gasteiger partial charge < -0.3 is 10.6 Å². The lowest BCUT2D eigenvalue weighted by atomic mass is 10.3. The van der Waals surface area contributed by atoms with Crippen LogP contribution in [0.5, 0.6) is 0 Å². The van der Waals surface area contributed by atoms with Crippen molar-refractivity contribution in [1.29, 1.82) is 0 Å². The predicted molar refractivity (Wildman–Crippen MR) is 67.0 cm³/mol. The maximum absolute atomic E-state index is 11.8. The van der Waals surface area contributed by atoms with Crippen LogP contribution in [0.1, 0.15) is 0 Å². The molecule has 6 heteroatoms. The van der Waals surface area contributed by atoms with Crippen LogP contribution in [0.3, 0.4) is 0 Å². The van der Waals surface area contributed by atoms with E-state index in [2.05, 4.69) is 15.6 Å². The molecule has 0 bridgehead atoms. The molecule has 1 aromatic rings. The standard InChI is InChI=1S/C10H12ClN3OS/c11-9-2-1-7(5-13-9)14-10(15)8-6-16-4-3-12-8/h1-2,5,8,12H,3-4,6H2,(H,14,15). The molecule has 86 valence electrons. The molecule has 4 nitrogen and oxygen atoms in total. The third-order valence-electron chi connectivity index (χ3n) is 2.23. The molecule has 1 fully saturated rings. The highest BCUT2D eigenvalue weighted by molar-refractivity contribution is 7.99. The number of nitrogens with zero attached hydrogens (tertiary/aromatic N) is 1. The number of carbonyl (C=O) groups is 1. The van der Waals surface area contributed by atoms with Gasteiger partial charge in [-0.15, -0.1) is 0 Å². The lowest BCUT2D eigenvalue weighted by Crippen LogP contribution is -2.46. The van der Waals surface area contributed by atoms with Gasteiger partial charge >= 0.3 is 0 Å². The van der Waals surface area contributed by atoms with Crippen LogP contribution in [0.25, 0.3) is 0 Å². The maximum Gasteiger partial charge on any atom is 0.242 e.